The van der Waals surface area contributed by atoms with Gasteiger partial charge in [-0.2, -0.15) is 4.99 Å². The van der Waals surface area contributed by atoms with Gasteiger partial charge in [0.2, 0.25) is 0 Å². The SMILES string of the molecule is Cc1ccc(O)c2c1C=C1SC(=NC(=O)C(=O)O)N=C12. The van der Waals surface area contributed by atoms with Crippen LogP contribution in [0.3, 0.4) is 0 Å². The lowest BCUT2D eigenvalue weighted by molar-refractivity contribution is -0.148. The van der Waals surface area contributed by atoms with Crippen LogP contribution in [-0.2, 0) is 9.59 Å². The number of aryl methyl sites for hydroxylation is 1. The molecule has 100 valence electrons. The number of benzene rings is 1. The van der Waals surface area contributed by atoms with Gasteiger partial charge in [-0.15, -0.1) is 0 Å². The molecule has 1 aliphatic carbocycles. The normalized spacial score (nSPS) is 17.6. The van der Waals surface area contributed by atoms with Crippen LogP contribution in [0.15, 0.2) is 27.0 Å². The van der Waals surface area contributed by atoms with Crippen LogP contribution in [0.2, 0.25) is 0 Å². The maximum absolute atomic E-state index is 11.0. The number of carbonyl (C=O) groups is 2. The number of phenolic OH excluding ortho intramolecular Hbond substituents is 1. The van der Waals surface area contributed by atoms with Gasteiger partial charge < -0.3 is 10.2 Å². The lowest BCUT2D eigenvalue weighted by Gasteiger charge is -2.05. The molecule has 0 bridgehead atoms. The number of fused-ring (bicyclic) bond motifs is 3. The van der Waals surface area contributed by atoms with Crippen molar-refractivity contribution in [3.05, 3.63) is 33.7 Å². The van der Waals surface area contributed by atoms with Crippen LogP contribution in [0.5, 0.6) is 5.75 Å². The number of aliphatic imine (C=N–C) groups is 2. The number of carbonyl (C=O) groups excluding carboxylic acids is 1. The van der Waals surface area contributed by atoms with Crippen LogP contribution < -0.4 is 0 Å². The summed E-state index contributed by atoms with van der Waals surface area (Å²) in [5, 5.41) is 18.5. The molecule has 1 aliphatic heterocycles. The van der Waals surface area contributed by atoms with Crippen molar-refractivity contribution in [2.24, 2.45) is 9.98 Å². The average molecular weight is 288 g/mol. The fourth-order valence-corrected chi connectivity index (χ4v) is 2.94. The van der Waals surface area contributed by atoms with E-state index in [1.165, 1.54) is 0 Å². The first-order valence-corrected chi connectivity index (χ1v) is 6.46. The number of phenols is 1. The smallest absolute Gasteiger partial charge is 0.396 e. The van der Waals surface area contributed by atoms with E-state index in [0.717, 1.165) is 27.8 Å². The van der Waals surface area contributed by atoms with Gasteiger partial charge in [0.15, 0.2) is 5.17 Å². The van der Waals surface area contributed by atoms with Gasteiger partial charge in [-0.1, -0.05) is 6.07 Å². The molecule has 0 atom stereocenters. The highest BCUT2D eigenvalue weighted by molar-refractivity contribution is 8.18. The van der Waals surface area contributed by atoms with E-state index in [1.807, 2.05) is 13.0 Å². The molecule has 20 heavy (non-hydrogen) atoms. The molecule has 0 fully saturated rings. The number of hydrogen-bond donors (Lipinski definition) is 2. The highest BCUT2D eigenvalue weighted by Crippen LogP contribution is 2.43. The van der Waals surface area contributed by atoms with E-state index >= 15 is 0 Å². The third-order valence-corrected chi connectivity index (χ3v) is 3.87. The number of aromatic hydroxyl groups is 1. The number of aliphatic carboxylic acids is 1. The van der Waals surface area contributed by atoms with Crippen molar-refractivity contribution >= 4 is 40.6 Å². The van der Waals surface area contributed by atoms with E-state index in [9.17, 15) is 14.7 Å². The van der Waals surface area contributed by atoms with Gasteiger partial charge in [-0.25, -0.2) is 9.79 Å². The Kier molecular flexibility index (Phi) is 2.72. The third kappa shape index (κ3) is 1.83. The molecule has 0 saturated carbocycles. The van der Waals surface area contributed by atoms with Gasteiger partial charge in [0.1, 0.15) is 5.75 Å². The summed E-state index contributed by atoms with van der Waals surface area (Å²) >= 11 is 1.11. The first kappa shape index (κ1) is 12.6. The first-order valence-electron chi connectivity index (χ1n) is 5.65. The number of amidine groups is 1. The van der Waals surface area contributed by atoms with E-state index < -0.39 is 11.9 Å². The van der Waals surface area contributed by atoms with Crippen molar-refractivity contribution in [1.82, 2.24) is 0 Å². The zero-order valence-electron chi connectivity index (χ0n) is 10.2. The van der Waals surface area contributed by atoms with E-state index in [-0.39, 0.29) is 10.9 Å². The minimum absolute atomic E-state index is 0.0743. The Morgan fingerprint density at radius 3 is 2.80 bits per heavy atom. The lowest BCUT2D eigenvalue weighted by Crippen LogP contribution is -2.10. The topological polar surface area (TPSA) is 99.3 Å². The molecule has 7 heteroatoms. The zero-order valence-corrected chi connectivity index (χ0v) is 11.1. The first-order chi connectivity index (χ1) is 9.47. The second-order valence-electron chi connectivity index (χ2n) is 4.27. The number of thioether (sulfide) groups is 1. The fourth-order valence-electron chi connectivity index (χ4n) is 2.06. The standard InChI is InChI=1S/C13H8N2O4S/c1-5-2-3-7(16)9-6(5)4-8-10(9)14-13(20-8)15-11(17)12(18)19/h2-4,16H,1H3,(H,18,19). The maximum atomic E-state index is 11.0. The minimum Gasteiger partial charge on any atom is -0.507 e. The van der Waals surface area contributed by atoms with Crippen LogP contribution in [0.25, 0.3) is 6.08 Å². The van der Waals surface area contributed by atoms with E-state index in [0.29, 0.717) is 11.3 Å². The largest absolute Gasteiger partial charge is 0.507 e. The quantitative estimate of drug-likeness (QED) is 0.706. The molecule has 0 aromatic heterocycles. The predicted octanol–water partition coefficient (Wildman–Crippen LogP) is 1.56. The average Bonchev–Trinajstić information content (AvgIpc) is 2.91. The van der Waals surface area contributed by atoms with E-state index in [1.54, 1.807) is 12.1 Å². The summed E-state index contributed by atoms with van der Waals surface area (Å²) in [6, 6.07) is 3.39. The summed E-state index contributed by atoms with van der Waals surface area (Å²) in [5.41, 5.74) is 3.02. The molecule has 2 N–H and O–H groups in total. The number of amides is 1. The summed E-state index contributed by atoms with van der Waals surface area (Å²) in [5.74, 6) is -2.78. The van der Waals surface area contributed by atoms with Crippen LogP contribution in [-0.4, -0.2) is 33.0 Å². The van der Waals surface area contributed by atoms with Gasteiger partial charge in [0.25, 0.3) is 0 Å². The minimum atomic E-state index is -1.62. The van der Waals surface area contributed by atoms with Crippen LogP contribution in [0.1, 0.15) is 16.7 Å². The summed E-state index contributed by atoms with van der Waals surface area (Å²) in [7, 11) is 0. The molecule has 1 aromatic carbocycles. The van der Waals surface area contributed by atoms with Gasteiger partial charge in [0, 0.05) is 4.91 Å². The maximum Gasteiger partial charge on any atom is 0.396 e. The monoisotopic (exact) mass is 288 g/mol. The molecule has 0 radical (unpaired) electrons. The van der Waals surface area contributed by atoms with Crippen molar-refractivity contribution in [3.63, 3.8) is 0 Å². The third-order valence-electron chi connectivity index (χ3n) is 2.98. The van der Waals surface area contributed by atoms with Crippen molar-refractivity contribution in [1.29, 1.82) is 0 Å². The Morgan fingerprint density at radius 2 is 2.10 bits per heavy atom. The Hall–Kier alpha value is -2.41. The summed E-state index contributed by atoms with van der Waals surface area (Å²) in [4.78, 5) is 29.8. The second kappa shape index (κ2) is 4.31. The molecule has 1 amide bonds. The van der Waals surface area contributed by atoms with Gasteiger partial charge in [-0.05, 0) is 42.0 Å². The Labute approximate surface area is 117 Å². The van der Waals surface area contributed by atoms with E-state index in [4.69, 9.17) is 5.11 Å². The summed E-state index contributed by atoms with van der Waals surface area (Å²) in [6.07, 6.45) is 1.85. The molecule has 0 spiro atoms. The van der Waals surface area contributed by atoms with Crippen molar-refractivity contribution in [2.45, 2.75) is 6.92 Å². The Balaban J connectivity index is 2.06. The summed E-state index contributed by atoms with van der Waals surface area (Å²) < 4.78 is 0. The molecule has 1 aromatic rings. The summed E-state index contributed by atoms with van der Waals surface area (Å²) in [6.45, 7) is 1.92. The van der Waals surface area contributed by atoms with Gasteiger partial charge in [-0.3, -0.25) is 4.79 Å². The van der Waals surface area contributed by atoms with Crippen molar-refractivity contribution < 1.29 is 19.8 Å². The van der Waals surface area contributed by atoms with Gasteiger partial charge in [0.05, 0.1) is 11.3 Å². The van der Waals surface area contributed by atoms with Crippen molar-refractivity contribution in [3.8, 4) is 5.75 Å². The number of carboxylic acid groups (broad SMARTS) is 1. The number of hydrogen-bond acceptors (Lipinski definition) is 4. The Morgan fingerprint density at radius 1 is 1.35 bits per heavy atom. The highest BCUT2D eigenvalue weighted by atomic mass is 32.2. The predicted molar refractivity (Wildman–Crippen MR) is 75.0 cm³/mol. The van der Waals surface area contributed by atoms with Crippen LogP contribution in [0, 0.1) is 6.92 Å². The molecule has 2 aliphatic rings. The molecule has 3 rings (SSSR count). The lowest BCUT2D eigenvalue weighted by atomic mass is 10.0. The number of rotatable bonds is 0. The van der Waals surface area contributed by atoms with Crippen LogP contribution >= 0.6 is 11.8 Å². The van der Waals surface area contributed by atoms with Gasteiger partial charge >= 0.3 is 11.9 Å². The van der Waals surface area contributed by atoms with Crippen molar-refractivity contribution in [2.75, 3.05) is 0 Å². The highest BCUT2D eigenvalue weighted by Gasteiger charge is 2.32. The Bertz CT molecular complexity index is 762. The fraction of sp³-hybridized carbons (Fsp3) is 0.0769. The second-order valence-corrected chi connectivity index (χ2v) is 5.28. The number of allylic oxidation sites excluding steroid dienone is 1. The zero-order chi connectivity index (χ0) is 14.4. The molecular formula is C13H8N2O4S. The molecule has 0 unspecified atom stereocenters. The molecule has 1 heterocycles. The number of carboxylic acids is 1. The number of nitrogens with zero attached hydrogens (tertiary/aromatic N) is 2. The molecular weight excluding hydrogens is 280 g/mol. The van der Waals surface area contributed by atoms with Crippen LogP contribution in [0.4, 0.5) is 0 Å². The molecule has 0 saturated heterocycles. The van der Waals surface area contributed by atoms with E-state index in [2.05, 4.69) is 9.98 Å². The molecule has 6 nitrogen and oxygen atoms in total.